The van der Waals surface area contributed by atoms with Crippen LogP contribution >= 0.6 is 0 Å². The van der Waals surface area contributed by atoms with Crippen LogP contribution in [0.15, 0.2) is 53.7 Å². The summed E-state index contributed by atoms with van der Waals surface area (Å²) in [5.74, 6) is -0.121. The van der Waals surface area contributed by atoms with Crippen LogP contribution in [0.4, 0.5) is 0 Å². The lowest BCUT2D eigenvalue weighted by Crippen LogP contribution is -2.50. The number of carbonyl (C=O) groups is 1. The topological polar surface area (TPSA) is 75.0 Å². The van der Waals surface area contributed by atoms with Crippen molar-refractivity contribution in [2.45, 2.75) is 18.7 Å². The summed E-state index contributed by atoms with van der Waals surface area (Å²) in [4.78, 5) is 14.9. The van der Waals surface area contributed by atoms with Crippen LogP contribution in [0.5, 0.6) is 0 Å². The molecule has 3 aromatic rings. The summed E-state index contributed by atoms with van der Waals surface area (Å²) in [7, 11) is -3.57. The van der Waals surface area contributed by atoms with Crippen LogP contribution in [0.25, 0.3) is 5.52 Å². The average molecular weight is 398 g/mol. The van der Waals surface area contributed by atoms with E-state index in [1.807, 2.05) is 44.2 Å². The van der Waals surface area contributed by atoms with Crippen molar-refractivity contribution in [3.63, 3.8) is 0 Å². The Labute approximate surface area is 164 Å². The molecule has 2 aromatic heterocycles. The SMILES string of the molecule is Cc1ccc(S(=O)(=O)N2CCN(C(=O)c3cnn4ccccc34)CC2)c(C)c1. The van der Waals surface area contributed by atoms with E-state index in [9.17, 15) is 13.2 Å². The van der Waals surface area contributed by atoms with Crippen LogP contribution in [-0.4, -0.2) is 59.3 Å². The second-order valence-corrected chi connectivity index (χ2v) is 8.96. The number of pyridine rings is 1. The molecule has 7 nitrogen and oxygen atoms in total. The number of nitrogens with zero attached hydrogens (tertiary/aromatic N) is 4. The van der Waals surface area contributed by atoms with E-state index in [-0.39, 0.29) is 19.0 Å². The summed E-state index contributed by atoms with van der Waals surface area (Å²) in [5, 5.41) is 4.21. The van der Waals surface area contributed by atoms with Gasteiger partial charge in [0.1, 0.15) is 0 Å². The number of hydrogen-bond acceptors (Lipinski definition) is 4. The summed E-state index contributed by atoms with van der Waals surface area (Å²) in [6, 6.07) is 10.9. The molecule has 28 heavy (non-hydrogen) atoms. The van der Waals surface area contributed by atoms with Gasteiger partial charge in [-0.15, -0.1) is 0 Å². The quantitative estimate of drug-likeness (QED) is 0.677. The number of piperazine rings is 1. The molecule has 1 aromatic carbocycles. The molecule has 0 radical (unpaired) electrons. The molecule has 4 rings (SSSR count). The molecule has 3 heterocycles. The Bertz CT molecular complexity index is 1150. The summed E-state index contributed by atoms with van der Waals surface area (Å²) >= 11 is 0. The van der Waals surface area contributed by atoms with Gasteiger partial charge in [0.05, 0.1) is 22.2 Å². The van der Waals surface area contributed by atoms with Gasteiger partial charge >= 0.3 is 0 Å². The highest BCUT2D eigenvalue weighted by atomic mass is 32.2. The Kier molecular flexibility index (Phi) is 4.68. The second kappa shape index (κ2) is 7.03. The molecule has 0 unspecified atom stereocenters. The predicted octanol–water partition coefficient (Wildman–Crippen LogP) is 2.10. The second-order valence-electron chi connectivity index (χ2n) is 7.05. The van der Waals surface area contributed by atoms with Gasteiger partial charge in [-0.2, -0.15) is 9.40 Å². The number of benzene rings is 1. The zero-order valence-corrected chi connectivity index (χ0v) is 16.7. The molecule has 1 aliphatic heterocycles. The third-order valence-electron chi connectivity index (χ3n) is 5.13. The van der Waals surface area contributed by atoms with Gasteiger partial charge in [0.15, 0.2) is 0 Å². The number of carbonyl (C=O) groups excluding carboxylic acids is 1. The van der Waals surface area contributed by atoms with Crippen molar-refractivity contribution in [2.24, 2.45) is 0 Å². The van der Waals surface area contributed by atoms with E-state index in [1.165, 1.54) is 4.31 Å². The molecule has 0 atom stereocenters. The summed E-state index contributed by atoms with van der Waals surface area (Å²) in [6.07, 6.45) is 3.36. The highest BCUT2D eigenvalue weighted by molar-refractivity contribution is 7.89. The van der Waals surface area contributed by atoms with Crippen molar-refractivity contribution in [3.8, 4) is 0 Å². The van der Waals surface area contributed by atoms with E-state index in [0.29, 0.717) is 23.5 Å². The van der Waals surface area contributed by atoms with Gasteiger partial charge in [0.25, 0.3) is 5.91 Å². The highest BCUT2D eigenvalue weighted by Gasteiger charge is 2.32. The average Bonchev–Trinajstić information content (AvgIpc) is 3.11. The number of sulfonamides is 1. The van der Waals surface area contributed by atoms with E-state index >= 15 is 0 Å². The van der Waals surface area contributed by atoms with Gasteiger partial charge in [0.2, 0.25) is 10.0 Å². The van der Waals surface area contributed by atoms with Gasteiger partial charge in [0, 0.05) is 32.4 Å². The minimum Gasteiger partial charge on any atom is -0.336 e. The van der Waals surface area contributed by atoms with Crippen molar-refractivity contribution >= 4 is 21.4 Å². The predicted molar refractivity (Wildman–Crippen MR) is 106 cm³/mol. The van der Waals surface area contributed by atoms with Crippen LogP contribution in [0, 0.1) is 13.8 Å². The van der Waals surface area contributed by atoms with Gasteiger partial charge < -0.3 is 4.90 Å². The maximum Gasteiger partial charge on any atom is 0.257 e. The number of hydrogen-bond donors (Lipinski definition) is 0. The number of amides is 1. The zero-order chi connectivity index (χ0) is 19.9. The summed E-state index contributed by atoms with van der Waals surface area (Å²) in [5.41, 5.74) is 3.05. The normalized spacial score (nSPS) is 15.9. The first kappa shape index (κ1) is 18.6. The molecule has 1 amide bonds. The van der Waals surface area contributed by atoms with E-state index in [2.05, 4.69) is 5.10 Å². The number of fused-ring (bicyclic) bond motifs is 1. The largest absolute Gasteiger partial charge is 0.336 e. The highest BCUT2D eigenvalue weighted by Crippen LogP contribution is 2.23. The number of aromatic nitrogens is 2. The van der Waals surface area contributed by atoms with Gasteiger partial charge in [-0.3, -0.25) is 4.79 Å². The molecule has 0 aliphatic carbocycles. The lowest BCUT2D eigenvalue weighted by Gasteiger charge is -2.34. The minimum absolute atomic E-state index is 0.121. The molecule has 1 aliphatic rings. The molecule has 1 fully saturated rings. The fourth-order valence-electron chi connectivity index (χ4n) is 3.63. The Morgan fingerprint density at radius 1 is 1.04 bits per heavy atom. The van der Waals surface area contributed by atoms with E-state index in [0.717, 1.165) is 16.6 Å². The maximum atomic E-state index is 13.0. The Hall–Kier alpha value is -2.71. The minimum atomic E-state index is -3.57. The van der Waals surface area contributed by atoms with E-state index in [4.69, 9.17) is 0 Å². The Balaban J connectivity index is 1.50. The zero-order valence-electron chi connectivity index (χ0n) is 15.9. The molecule has 0 saturated carbocycles. The monoisotopic (exact) mass is 398 g/mol. The van der Waals surface area contributed by atoms with E-state index < -0.39 is 10.0 Å². The van der Waals surface area contributed by atoms with Crippen molar-refractivity contribution in [1.29, 1.82) is 0 Å². The Morgan fingerprint density at radius 2 is 1.79 bits per heavy atom. The van der Waals surface area contributed by atoms with Crippen molar-refractivity contribution < 1.29 is 13.2 Å². The maximum absolute atomic E-state index is 13.0. The molecular weight excluding hydrogens is 376 g/mol. The molecule has 0 bridgehead atoms. The molecule has 0 N–H and O–H groups in total. The first-order chi connectivity index (χ1) is 13.4. The molecule has 146 valence electrons. The van der Waals surface area contributed by atoms with Gasteiger partial charge in [-0.05, 0) is 37.6 Å². The summed E-state index contributed by atoms with van der Waals surface area (Å²) in [6.45, 7) is 5.01. The van der Waals surface area contributed by atoms with Gasteiger partial charge in [-0.25, -0.2) is 12.9 Å². The Morgan fingerprint density at radius 3 is 2.50 bits per heavy atom. The van der Waals surface area contributed by atoms with Crippen molar-refractivity contribution in [1.82, 2.24) is 18.8 Å². The fourth-order valence-corrected chi connectivity index (χ4v) is 5.26. The number of aryl methyl sites for hydroxylation is 2. The standard InChI is InChI=1S/C20H22N4O3S/c1-15-6-7-19(16(2)13-15)28(26,27)23-11-9-22(10-12-23)20(25)17-14-21-24-8-4-3-5-18(17)24/h3-8,13-14H,9-12H2,1-2H3. The fraction of sp³-hybridized carbons (Fsp3) is 0.300. The van der Waals surface area contributed by atoms with Crippen molar-refractivity contribution in [3.05, 3.63) is 65.5 Å². The third kappa shape index (κ3) is 3.18. The van der Waals surface area contributed by atoms with Crippen LogP contribution in [0.2, 0.25) is 0 Å². The van der Waals surface area contributed by atoms with Gasteiger partial charge in [-0.1, -0.05) is 23.8 Å². The van der Waals surface area contributed by atoms with Crippen LogP contribution in [-0.2, 0) is 10.0 Å². The van der Waals surface area contributed by atoms with Crippen LogP contribution < -0.4 is 0 Å². The van der Waals surface area contributed by atoms with Crippen LogP contribution in [0.3, 0.4) is 0 Å². The van der Waals surface area contributed by atoms with Crippen molar-refractivity contribution in [2.75, 3.05) is 26.2 Å². The molecular formula is C20H22N4O3S. The smallest absolute Gasteiger partial charge is 0.257 e. The third-order valence-corrected chi connectivity index (χ3v) is 7.19. The first-order valence-electron chi connectivity index (χ1n) is 9.17. The number of rotatable bonds is 3. The van der Waals surface area contributed by atoms with Crippen LogP contribution in [0.1, 0.15) is 21.5 Å². The van der Waals surface area contributed by atoms with E-state index in [1.54, 1.807) is 27.9 Å². The molecule has 0 spiro atoms. The lowest BCUT2D eigenvalue weighted by atomic mass is 10.2. The lowest BCUT2D eigenvalue weighted by molar-refractivity contribution is 0.0700. The molecule has 1 saturated heterocycles. The molecule has 8 heteroatoms. The summed E-state index contributed by atoms with van der Waals surface area (Å²) < 4.78 is 29.1. The first-order valence-corrected chi connectivity index (χ1v) is 10.6.